The van der Waals surface area contributed by atoms with Gasteiger partial charge in [0.25, 0.3) is 0 Å². The number of carbonyl (C=O) groups is 1. The predicted octanol–water partition coefficient (Wildman–Crippen LogP) is 2.85. The topological polar surface area (TPSA) is 26.3 Å². The normalized spacial score (nSPS) is 10.3. The van der Waals surface area contributed by atoms with E-state index < -0.39 is 0 Å². The van der Waals surface area contributed by atoms with Crippen LogP contribution in [0.5, 0.6) is 0 Å². The van der Waals surface area contributed by atoms with Gasteiger partial charge in [-0.05, 0) is 26.2 Å². The lowest BCUT2D eigenvalue weighted by Crippen LogP contribution is -1.97. The van der Waals surface area contributed by atoms with Gasteiger partial charge in [-0.1, -0.05) is 17.7 Å². The Balaban J connectivity index is 3.31. The largest absolute Gasteiger partial charge is 0.469 e. The van der Waals surface area contributed by atoms with Crippen LogP contribution in [0, 0.1) is 0 Å². The first-order valence-corrected chi connectivity index (χ1v) is 4.53. The van der Waals surface area contributed by atoms with E-state index in [4.69, 9.17) is 0 Å². The summed E-state index contributed by atoms with van der Waals surface area (Å²) < 4.78 is 4.51. The second-order valence-electron chi connectivity index (χ2n) is 3.08. The third-order valence-electron chi connectivity index (χ3n) is 1.65. The summed E-state index contributed by atoms with van der Waals surface area (Å²) in [4.78, 5) is 10.7. The molecule has 0 unspecified atom stereocenters. The molecule has 0 aliphatic heterocycles. The number of ether oxygens (including phenoxy) is 1. The summed E-state index contributed by atoms with van der Waals surface area (Å²) in [6.07, 6.45) is 7.37. The van der Waals surface area contributed by atoms with Crippen molar-refractivity contribution in [3.63, 3.8) is 0 Å². The van der Waals surface area contributed by atoms with E-state index in [2.05, 4.69) is 17.4 Å². The quantitative estimate of drug-likeness (QED) is 0.466. The first-order chi connectivity index (χ1) is 6.16. The van der Waals surface area contributed by atoms with E-state index in [-0.39, 0.29) is 5.97 Å². The zero-order valence-electron chi connectivity index (χ0n) is 8.51. The van der Waals surface area contributed by atoms with Gasteiger partial charge < -0.3 is 4.74 Å². The predicted molar refractivity (Wildman–Crippen MR) is 54.4 cm³/mol. The fraction of sp³-hybridized carbons (Fsp3) is 0.545. The maximum Gasteiger partial charge on any atom is 0.305 e. The molecule has 0 saturated heterocycles. The highest BCUT2D eigenvalue weighted by atomic mass is 16.5. The van der Waals surface area contributed by atoms with Crippen LogP contribution in [0.15, 0.2) is 24.3 Å². The average Bonchev–Trinajstić information content (AvgIpc) is 2.10. The monoisotopic (exact) mass is 182 g/mol. The van der Waals surface area contributed by atoms with Gasteiger partial charge in [0.15, 0.2) is 0 Å². The molecule has 0 aromatic rings. The van der Waals surface area contributed by atoms with Crippen LogP contribution in [-0.2, 0) is 9.53 Å². The van der Waals surface area contributed by atoms with Crippen molar-refractivity contribution in [1.29, 1.82) is 0 Å². The minimum atomic E-state index is -0.149. The van der Waals surface area contributed by atoms with Crippen LogP contribution >= 0.6 is 0 Å². The summed E-state index contributed by atoms with van der Waals surface area (Å²) in [5.74, 6) is -0.149. The Morgan fingerprint density at radius 2 is 1.85 bits per heavy atom. The van der Waals surface area contributed by atoms with Crippen molar-refractivity contribution >= 4 is 5.97 Å². The van der Waals surface area contributed by atoms with E-state index in [0.717, 1.165) is 19.3 Å². The van der Waals surface area contributed by atoms with Gasteiger partial charge in [-0.15, -0.1) is 6.58 Å². The summed E-state index contributed by atoms with van der Waals surface area (Å²) in [6.45, 7) is 5.82. The molecule has 0 atom stereocenters. The third kappa shape index (κ3) is 8.86. The molecule has 0 rings (SSSR count). The molecule has 13 heavy (non-hydrogen) atoms. The van der Waals surface area contributed by atoms with Gasteiger partial charge in [0.1, 0.15) is 0 Å². The molecule has 0 aliphatic carbocycles. The Labute approximate surface area is 80.3 Å². The highest BCUT2D eigenvalue weighted by Crippen LogP contribution is 2.02. The van der Waals surface area contributed by atoms with Crippen molar-refractivity contribution in [2.24, 2.45) is 0 Å². The van der Waals surface area contributed by atoms with E-state index in [1.807, 2.05) is 13.0 Å². The molecule has 2 heteroatoms. The highest BCUT2D eigenvalue weighted by Gasteiger charge is 1.95. The number of allylic oxidation sites excluding steroid dienone is 3. The van der Waals surface area contributed by atoms with Crippen molar-refractivity contribution in [3.05, 3.63) is 24.3 Å². The summed E-state index contributed by atoms with van der Waals surface area (Å²) in [6, 6.07) is 0. The maximum atomic E-state index is 10.7. The van der Waals surface area contributed by atoms with Crippen LogP contribution in [0.1, 0.15) is 32.6 Å². The molecule has 0 N–H and O–H groups in total. The first-order valence-electron chi connectivity index (χ1n) is 4.53. The van der Waals surface area contributed by atoms with E-state index in [0.29, 0.717) is 6.42 Å². The number of rotatable bonds is 6. The Morgan fingerprint density at radius 3 is 2.31 bits per heavy atom. The lowest BCUT2D eigenvalue weighted by Gasteiger charge is -1.94. The number of hydrogen-bond acceptors (Lipinski definition) is 2. The van der Waals surface area contributed by atoms with Crippen molar-refractivity contribution < 1.29 is 9.53 Å². The SMILES string of the molecule is C=C(C)CCC=CCCC(=O)OC. The molecule has 74 valence electrons. The molecule has 0 heterocycles. The van der Waals surface area contributed by atoms with Crippen molar-refractivity contribution in [2.45, 2.75) is 32.6 Å². The molecule has 0 radical (unpaired) electrons. The fourth-order valence-corrected chi connectivity index (χ4v) is 0.869. The van der Waals surface area contributed by atoms with Gasteiger partial charge in [0.2, 0.25) is 0 Å². The second kappa shape index (κ2) is 7.59. The Bertz CT molecular complexity index is 192. The molecule has 0 aromatic heterocycles. The molecule has 0 bridgehead atoms. The summed E-state index contributed by atoms with van der Waals surface area (Å²) in [5, 5.41) is 0. The lowest BCUT2D eigenvalue weighted by molar-refractivity contribution is -0.140. The Hall–Kier alpha value is -1.05. The van der Waals surface area contributed by atoms with Crippen LogP contribution in [-0.4, -0.2) is 13.1 Å². The van der Waals surface area contributed by atoms with Gasteiger partial charge >= 0.3 is 5.97 Å². The number of carbonyl (C=O) groups excluding carboxylic acids is 1. The Morgan fingerprint density at radius 1 is 1.31 bits per heavy atom. The van der Waals surface area contributed by atoms with Crippen molar-refractivity contribution in [3.8, 4) is 0 Å². The molecule has 0 aliphatic rings. The molecule has 0 amide bonds. The maximum absolute atomic E-state index is 10.7. The van der Waals surface area contributed by atoms with Gasteiger partial charge in [-0.25, -0.2) is 0 Å². The first kappa shape index (κ1) is 11.9. The minimum absolute atomic E-state index is 0.149. The van der Waals surface area contributed by atoms with E-state index >= 15 is 0 Å². The average molecular weight is 182 g/mol. The molecular weight excluding hydrogens is 164 g/mol. The number of methoxy groups -OCH3 is 1. The zero-order chi connectivity index (χ0) is 10.1. The standard InChI is InChI=1S/C11H18O2/c1-10(2)8-6-4-5-7-9-11(12)13-3/h4-5H,1,6-9H2,2-3H3. The van der Waals surface area contributed by atoms with Gasteiger partial charge in [-0.3, -0.25) is 4.79 Å². The second-order valence-corrected chi connectivity index (χ2v) is 3.08. The zero-order valence-corrected chi connectivity index (χ0v) is 8.51. The fourth-order valence-electron chi connectivity index (χ4n) is 0.869. The van der Waals surface area contributed by atoms with Crippen LogP contribution in [0.4, 0.5) is 0 Å². The van der Waals surface area contributed by atoms with Crippen molar-refractivity contribution in [2.75, 3.05) is 7.11 Å². The molecule has 2 nitrogen and oxygen atoms in total. The Kier molecular flexibility index (Phi) is 6.98. The number of esters is 1. The van der Waals surface area contributed by atoms with Crippen molar-refractivity contribution in [1.82, 2.24) is 0 Å². The van der Waals surface area contributed by atoms with Crippen LogP contribution in [0.2, 0.25) is 0 Å². The number of hydrogen-bond donors (Lipinski definition) is 0. The summed E-state index contributed by atoms with van der Waals surface area (Å²) >= 11 is 0. The minimum Gasteiger partial charge on any atom is -0.469 e. The van der Waals surface area contributed by atoms with Crippen LogP contribution in [0.3, 0.4) is 0 Å². The molecular formula is C11H18O2. The van der Waals surface area contributed by atoms with Crippen LogP contribution < -0.4 is 0 Å². The molecule has 0 spiro atoms. The third-order valence-corrected chi connectivity index (χ3v) is 1.65. The smallest absolute Gasteiger partial charge is 0.305 e. The van der Waals surface area contributed by atoms with Crippen LogP contribution in [0.25, 0.3) is 0 Å². The summed E-state index contributed by atoms with van der Waals surface area (Å²) in [5.41, 5.74) is 1.19. The van der Waals surface area contributed by atoms with Gasteiger partial charge in [0, 0.05) is 6.42 Å². The van der Waals surface area contributed by atoms with E-state index in [9.17, 15) is 4.79 Å². The molecule has 0 fully saturated rings. The van der Waals surface area contributed by atoms with E-state index in [1.54, 1.807) is 0 Å². The molecule has 0 aromatic carbocycles. The highest BCUT2D eigenvalue weighted by molar-refractivity contribution is 5.69. The summed E-state index contributed by atoms with van der Waals surface area (Å²) in [7, 11) is 1.41. The molecule has 0 saturated carbocycles. The lowest BCUT2D eigenvalue weighted by atomic mass is 10.2. The van der Waals surface area contributed by atoms with Gasteiger partial charge in [-0.2, -0.15) is 0 Å². The van der Waals surface area contributed by atoms with Gasteiger partial charge in [0.05, 0.1) is 7.11 Å². The van der Waals surface area contributed by atoms with E-state index in [1.165, 1.54) is 12.7 Å².